The lowest BCUT2D eigenvalue weighted by atomic mass is 9.96. The van der Waals surface area contributed by atoms with Crippen molar-refractivity contribution in [3.63, 3.8) is 0 Å². The number of thiol groups is 1. The van der Waals surface area contributed by atoms with Crippen LogP contribution < -0.4 is 0 Å². The van der Waals surface area contributed by atoms with Gasteiger partial charge in [0.15, 0.2) is 6.56 Å². The van der Waals surface area contributed by atoms with E-state index in [4.69, 9.17) is 0 Å². The summed E-state index contributed by atoms with van der Waals surface area (Å²) in [6.07, 6.45) is 0.948. The van der Waals surface area contributed by atoms with E-state index >= 15 is 0 Å². The van der Waals surface area contributed by atoms with Crippen molar-refractivity contribution in [3.8, 4) is 0 Å². The van der Waals surface area contributed by atoms with Crippen LogP contribution in [0.15, 0.2) is 30.3 Å². The van der Waals surface area contributed by atoms with Crippen LogP contribution in [0.2, 0.25) is 0 Å². The highest BCUT2D eigenvalue weighted by Gasteiger charge is 1.86. The van der Waals surface area contributed by atoms with E-state index in [9.17, 15) is 0 Å². The summed E-state index contributed by atoms with van der Waals surface area (Å²) in [5, 5.41) is 0. The Morgan fingerprint density at radius 2 is 1.89 bits per heavy atom. The minimum atomic E-state index is 0.948. The average molecular weight is 135 g/mol. The van der Waals surface area contributed by atoms with Gasteiger partial charge in [-0.25, -0.2) is 12.5 Å². The van der Waals surface area contributed by atoms with Crippen molar-refractivity contribution in [3.05, 3.63) is 35.9 Å². The highest BCUT2D eigenvalue weighted by molar-refractivity contribution is 8.06. The second kappa shape index (κ2) is 3.62. The molecular weight excluding hydrogens is 127 g/mol. The molecule has 0 aromatic heterocycles. The fourth-order valence-electron chi connectivity index (χ4n) is 0.720. The van der Waals surface area contributed by atoms with E-state index < -0.39 is 0 Å². The Hall–Kier alpha value is -0.365. The number of rotatable bonds is 2. The fourth-order valence-corrected chi connectivity index (χ4v) is 0.930. The molecule has 0 aliphatic carbocycles. The SMILES string of the molecule is S[B]Cc1ccccc1. The zero-order valence-electron chi connectivity index (χ0n) is 5.12. The lowest BCUT2D eigenvalue weighted by molar-refractivity contribution is 1.40. The summed E-state index contributed by atoms with van der Waals surface area (Å²) in [7, 11) is 0. The Kier molecular flexibility index (Phi) is 2.72. The average Bonchev–Trinajstić information content (AvgIpc) is 1.91. The molecule has 0 aliphatic heterocycles. The third kappa shape index (κ3) is 2.14. The molecule has 0 fully saturated rings. The van der Waals surface area contributed by atoms with Crippen molar-refractivity contribution >= 4 is 19.0 Å². The van der Waals surface area contributed by atoms with Gasteiger partial charge in [0.2, 0.25) is 0 Å². The van der Waals surface area contributed by atoms with E-state index in [0.29, 0.717) is 0 Å². The molecule has 1 radical (unpaired) electrons. The summed E-state index contributed by atoms with van der Waals surface area (Å²) in [6, 6.07) is 10.3. The molecule has 1 aromatic rings. The molecule has 0 unspecified atom stereocenters. The van der Waals surface area contributed by atoms with Crippen LogP contribution in [0.3, 0.4) is 0 Å². The van der Waals surface area contributed by atoms with Crippen molar-refractivity contribution < 1.29 is 0 Å². The van der Waals surface area contributed by atoms with Crippen LogP contribution in [0.1, 0.15) is 5.56 Å². The molecule has 0 atom stereocenters. The van der Waals surface area contributed by atoms with Crippen LogP contribution in [0.4, 0.5) is 0 Å². The van der Waals surface area contributed by atoms with Crippen molar-refractivity contribution in [2.24, 2.45) is 0 Å². The van der Waals surface area contributed by atoms with Gasteiger partial charge >= 0.3 is 0 Å². The Morgan fingerprint density at radius 3 is 2.44 bits per heavy atom. The Morgan fingerprint density at radius 1 is 1.22 bits per heavy atom. The highest BCUT2D eigenvalue weighted by Crippen LogP contribution is 1.98. The summed E-state index contributed by atoms with van der Waals surface area (Å²) in [6.45, 7) is 1.86. The molecule has 0 N–H and O–H groups in total. The van der Waals surface area contributed by atoms with Gasteiger partial charge in [-0.05, 0) is 6.32 Å². The van der Waals surface area contributed by atoms with Crippen LogP contribution in [0, 0.1) is 0 Å². The van der Waals surface area contributed by atoms with Gasteiger partial charge in [0.05, 0.1) is 0 Å². The lowest BCUT2D eigenvalue weighted by Gasteiger charge is -1.92. The first-order valence-electron chi connectivity index (χ1n) is 2.93. The molecule has 2 heteroatoms. The first-order chi connectivity index (χ1) is 4.43. The molecule has 9 heavy (non-hydrogen) atoms. The largest absolute Gasteiger partial charge is 0.234 e. The molecule has 0 amide bonds. The van der Waals surface area contributed by atoms with Crippen LogP contribution in [0.5, 0.6) is 0 Å². The summed E-state index contributed by atoms with van der Waals surface area (Å²) < 4.78 is 0. The van der Waals surface area contributed by atoms with Gasteiger partial charge in [0, 0.05) is 0 Å². The zero-order chi connectivity index (χ0) is 6.53. The second-order valence-corrected chi connectivity index (χ2v) is 2.24. The molecule has 0 aliphatic rings. The quantitative estimate of drug-likeness (QED) is 0.463. The first kappa shape index (κ1) is 6.75. The van der Waals surface area contributed by atoms with Gasteiger partial charge in [-0.3, -0.25) is 0 Å². The topological polar surface area (TPSA) is 0 Å². The third-order valence-electron chi connectivity index (χ3n) is 1.17. The maximum absolute atomic E-state index is 4.01. The van der Waals surface area contributed by atoms with E-state index in [0.717, 1.165) is 6.32 Å². The third-order valence-corrected chi connectivity index (χ3v) is 1.35. The first-order valence-corrected chi connectivity index (χ1v) is 3.45. The van der Waals surface area contributed by atoms with Crippen molar-refractivity contribution in [1.29, 1.82) is 0 Å². The highest BCUT2D eigenvalue weighted by atomic mass is 32.1. The molecule has 0 spiro atoms. The van der Waals surface area contributed by atoms with E-state index in [2.05, 4.69) is 24.6 Å². The van der Waals surface area contributed by atoms with E-state index in [1.807, 2.05) is 24.8 Å². The molecule has 1 rings (SSSR count). The van der Waals surface area contributed by atoms with Gasteiger partial charge in [0.1, 0.15) is 0 Å². The summed E-state index contributed by atoms with van der Waals surface area (Å²) in [5.41, 5.74) is 1.31. The molecule has 1 aromatic carbocycles. The van der Waals surface area contributed by atoms with Crippen molar-refractivity contribution in [2.75, 3.05) is 0 Å². The van der Waals surface area contributed by atoms with Gasteiger partial charge in [-0.2, -0.15) is 0 Å². The summed E-state index contributed by atoms with van der Waals surface area (Å²) >= 11 is 4.01. The van der Waals surface area contributed by atoms with E-state index in [1.54, 1.807) is 0 Å². The van der Waals surface area contributed by atoms with Crippen LogP contribution in [-0.2, 0) is 6.32 Å². The van der Waals surface area contributed by atoms with E-state index in [-0.39, 0.29) is 0 Å². The van der Waals surface area contributed by atoms with Gasteiger partial charge in [-0.15, -0.1) is 0 Å². The molecule has 0 saturated heterocycles. The summed E-state index contributed by atoms with van der Waals surface area (Å²) in [5.74, 6) is 0. The molecule has 0 saturated carbocycles. The zero-order valence-corrected chi connectivity index (χ0v) is 6.01. The van der Waals surface area contributed by atoms with Crippen LogP contribution >= 0.6 is 12.5 Å². The predicted octanol–water partition coefficient (Wildman–Crippen LogP) is 1.74. The minimum absolute atomic E-state index is 0.948. The Balaban J connectivity index is 2.61. The van der Waals surface area contributed by atoms with Gasteiger partial charge < -0.3 is 0 Å². The second-order valence-electron chi connectivity index (χ2n) is 1.87. The maximum atomic E-state index is 4.01. The molecule has 0 nitrogen and oxygen atoms in total. The number of hydrogen-bond acceptors (Lipinski definition) is 1. The summed E-state index contributed by atoms with van der Waals surface area (Å²) in [4.78, 5) is 0. The lowest BCUT2D eigenvalue weighted by Crippen LogP contribution is -1.86. The maximum Gasteiger partial charge on any atom is 0.192 e. The molecule has 0 heterocycles. The Bertz CT molecular complexity index is 162. The van der Waals surface area contributed by atoms with Crippen molar-refractivity contribution in [2.45, 2.75) is 6.32 Å². The standard InChI is InChI=1S/C7H8BS/c9-8-6-7-4-2-1-3-5-7/h1-5,9H,6H2. The molecule has 0 bridgehead atoms. The monoisotopic (exact) mass is 135 g/mol. The fraction of sp³-hybridized carbons (Fsp3) is 0.143. The van der Waals surface area contributed by atoms with Gasteiger partial charge in [-0.1, -0.05) is 35.9 Å². The minimum Gasteiger partial charge on any atom is -0.234 e. The predicted molar refractivity (Wildman–Crippen MR) is 44.9 cm³/mol. The number of hydrogen-bond donors (Lipinski definition) is 1. The normalized spacial score (nSPS) is 9.00. The van der Waals surface area contributed by atoms with Crippen LogP contribution in [-0.4, -0.2) is 6.56 Å². The molecular formula is C7H8BS. The van der Waals surface area contributed by atoms with E-state index in [1.165, 1.54) is 5.56 Å². The molecule has 45 valence electrons. The van der Waals surface area contributed by atoms with Gasteiger partial charge in [0.25, 0.3) is 0 Å². The smallest absolute Gasteiger partial charge is 0.192 e. The van der Waals surface area contributed by atoms with Crippen molar-refractivity contribution in [1.82, 2.24) is 0 Å². The Labute approximate surface area is 61.8 Å². The number of benzene rings is 1. The van der Waals surface area contributed by atoms with Crippen LogP contribution in [0.25, 0.3) is 0 Å².